The molecule has 0 aromatic rings. The van der Waals surface area contributed by atoms with Gasteiger partial charge in [-0.05, 0) is 6.08 Å². The fourth-order valence-corrected chi connectivity index (χ4v) is 1.22. The van der Waals surface area contributed by atoms with E-state index in [4.69, 9.17) is 35.7 Å². The highest BCUT2D eigenvalue weighted by Crippen LogP contribution is 2.38. The lowest BCUT2D eigenvalue weighted by atomic mass is 9.83. The minimum absolute atomic E-state index is 0.222. The summed E-state index contributed by atoms with van der Waals surface area (Å²) in [5.74, 6) is -12.2. The van der Waals surface area contributed by atoms with Crippen molar-refractivity contribution < 1.29 is 40.5 Å². The summed E-state index contributed by atoms with van der Waals surface area (Å²) in [6.07, 6.45) is -0.835. The molecule has 1 rings (SSSR count). The van der Waals surface area contributed by atoms with Crippen molar-refractivity contribution in [3.8, 4) is 0 Å². The Hall–Kier alpha value is -1.03. The van der Waals surface area contributed by atoms with Crippen molar-refractivity contribution in [1.29, 1.82) is 0 Å². The Kier molecular flexibility index (Phi) is 2.39. The number of aliphatic hydroxyl groups is 6. The van der Waals surface area contributed by atoms with E-state index >= 15 is 0 Å². The summed E-state index contributed by atoms with van der Waals surface area (Å²) in [7, 11) is 0. The van der Waals surface area contributed by atoms with Crippen LogP contribution in [0.5, 0.6) is 0 Å². The first-order valence-electron chi connectivity index (χ1n) is 3.80. The van der Waals surface area contributed by atoms with E-state index in [1.165, 1.54) is 0 Å². The molecule has 0 unspecified atom stereocenters. The molecule has 0 spiro atoms. The molecule has 0 aromatic carbocycles. The van der Waals surface area contributed by atoms with Gasteiger partial charge in [-0.3, -0.25) is 0 Å². The zero-order valence-electron chi connectivity index (χ0n) is 7.32. The van der Waals surface area contributed by atoms with Crippen molar-refractivity contribution in [3.05, 3.63) is 11.6 Å². The summed E-state index contributed by atoms with van der Waals surface area (Å²) in [5, 5.41) is 62.9. The molecule has 0 atom stereocenters. The SMILES string of the molecule is O=C(O)C1=CC(O)(O)C(O)(O)C(O)(O)C1. The van der Waals surface area contributed by atoms with Crippen molar-refractivity contribution in [1.82, 2.24) is 0 Å². The van der Waals surface area contributed by atoms with E-state index in [1.807, 2.05) is 0 Å². The largest absolute Gasteiger partial charge is 0.478 e. The van der Waals surface area contributed by atoms with Gasteiger partial charge in [0.1, 0.15) is 0 Å². The maximum atomic E-state index is 10.5. The van der Waals surface area contributed by atoms with E-state index in [0.717, 1.165) is 0 Å². The van der Waals surface area contributed by atoms with Gasteiger partial charge in [0.15, 0.2) is 0 Å². The molecule has 0 heterocycles. The number of carboxylic acids is 1. The van der Waals surface area contributed by atoms with Gasteiger partial charge < -0.3 is 35.7 Å². The number of aliphatic carboxylic acids is 1. The Morgan fingerprint density at radius 1 is 1.13 bits per heavy atom. The molecule has 0 aromatic heterocycles. The third-order valence-electron chi connectivity index (χ3n) is 2.16. The number of rotatable bonds is 1. The molecule has 1 aliphatic carbocycles. The molecule has 0 fully saturated rings. The highest BCUT2D eigenvalue weighted by Gasteiger charge is 2.63. The first-order chi connectivity index (χ1) is 6.51. The third kappa shape index (κ3) is 1.63. The quantitative estimate of drug-likeness (QED) is 0.224. The van der Waals surface area contributed by atoms with Crippen LogP contribution < -0.4 is 0 Å². The summed E-state index contributed by atoms with van der Waals surface area (Å²) in [6.45, 7) is 0. The zero-order valence-corrected chi connectivity index (χ0v) is 7.32. The summed E-state index contributed by atoms with van der Waals surface area (Å²) in [4.78, 5) is 10.5. The van der Waals surface area contributed by atoms with Crippen LogP contribution in [0, 0.1) is 0 Å². The fraction of sp³-hybridized carbons (Fsp3) is 0.571. The summed E-state index contributed by atoms with van der Waals surface area (Å²) >= 11 is 0. The predicted octanol–water partition coefficient (Wildman–Crippen LogP) is -3.56. The van der Waals surface area contributed by atoms with E-state index in [2.05, 4.69) is 0 Å². The lowest BCUT2D eigenvalue weighted by molar-refractivity contribution is -0.441. The van der Waals surface area contributed by atoms with E-state index in [9.17, 15) is 4.79 Å². The molecule has 0 saturated heterocycles. The monoisotopic (exact) mass is 222 g/mol. The molecule has 1 aliphatic rings. The first kappa shape index (κ1) is 12.0. The summed E-state index contributed by atoms with van der Waals surface area (Å²) in [5.41, 5.74) is -0.760. The summed E-state index contributed by atoms with van der Waals surface area (Å²) in [6, 6.07) is 0. The summed E-state index contributed by atoms with van der Waals surface area (Å²) < 4.78 is 0. The maximum absolute atomic E-state index is 10.5. The second-order valence-electron chi connectivity index (χ2n) is 3.37. The van der Waals surface area contributed by atoms with Gasteiger partial charge in [0.25, 0.3) is 5.79 Å². The molecule has 0 bridgehead atoms. The van der Waals surface area contributed by atoms with Gasteiger partial charge in [0.05, 0.1) is 0 Å². The van der Waals surface area contributed by atoms with Crippen molar-refractivity contribution in [2.24, 2.45) is 0 Å². The van der Waals surface area contributed by atoms with Crippen LogP contribution in [0.1, 0.15) is 6.42 Å². The van der Waals surface area contributed by atoms with Gasteiger partial charge in [0.2, 0.25) is 11.6 Å². The molecule has 0 radical (unpaired) electrons. The number of hydrogen-bond donors (Lipinski definition) is 7. The van der Waals surface area contributed by atoms with Crippen molar-refractivity contribution in [2.75, 3.05) is 0 Å². The third-order valence-corrected chi connectivity index (χ3v) is 2.16. The van der Waals surface area contributed by atoms with Crippen LogP contribution in [0.25, 0.3) is 0 Å². The minimum atomic E-state index is -3.68. The van der Waals surface area contributed by atoms with Crippen LogP contribution in [-0.2, 0) is 4.79 Å². The molecule has 8 heteroatoms. The highest BCUT2D eigenvalue weighted by atomic mass is 16.7. The number of hydrogen-bond acceptors (Lipinski definition) is 7. The van der Waals surface area contributed by atoms with Crippen LogP contribution >= 0.6 is 0 Å². The fourth-order valence-electron chi connectivity index (χ4n) is 1.22. The lowest BCUT2D eigenvalue weighted by Gasteiger charge is -2.44. The Morgan fingerprint density at radius 3 is 1.93 bits per heavy atom. The van der Waals surface area contributed by atoms with Crippen LogP contribution in [-0.4, -0.2) is 59.1 Å². The Balaban J connectivity index is 3.28. The molecule has 0 amide bonds. The molecule has 7 N–H and O–H groups in total. The van der Waals surface area contributed by atoms with Crippen LogP contribution in [0.2, 0.25) is 0 Å². The first-order valence-corrected chi connectivity index (χ1v) is 3.80. The van der Waals surface area contributed by atoms with E-state index in [0.29, 0.717) is 0 Å². The molecule has 86 valence electrons. The molecular formula is C7H10O8. The normalized spacial score (nSPS) is 26.9. The highest BCUT2D eigenvalue weighted by molar-refractivity contribution is 5.87. The van der Waals surface area contributed by atoms with Gasteiger partial charge in [-0.15, -0.1) is 0 Å². The number of carbonyl (C=O) groups is 1. The van der Waals surface area contributed by atoms with Gasteiger partial charge in [-0.2, -0.15) is 0 Å². The molecular weight excluding hydrogens is 212 g/mol. The Labute approximate surface area is 83.0 Å². The van der Waals surface area contributed by atoms with Crippen molar-refractivity contribution in [2.45, 2.75) is 23.8 Å². The smallest absolute Gasteiger partial charge is 0.331 e. The average molecular weight is 222 g/mol. The zero-order chi connectivity index (χ0) is 12.1. The Bertz CT molecular complexity index is 326. The minimum Gasteiger partial charge on any atom is -0.478 e. The van der Waals surface area contributed by atoms with Crippen LogP contribution in [0.4, 0.5) is 0 Å². The van der Waals surface area contributed by atoms with Crippen molar-refractivity contribution in [3.63, 3.8) is 0 Å². The molecule has 8 nitrogen and oxygen atoms in total. The molecule has 0 aliphatic heterocycles. The maximum Gasteiger partial charge on any atom is 0.331 e. The lowest BCUT2D eigenvalue weighted by Crippen LogP contribution is -2.69. The van der Waals surface area contributed by atoms with E-state index < -0.39 is 35.3 Å². The van der Waals surface area contributed by atoms with Gasteiger partial charge >= 0.3 is 5.97 Å². The Morgan fingerprint density at radius 2 is 1.60 bits per heavy atom. The second-order valence-corrected chi connectivity index (χ2v) is 3.37. The molecule has 0 saturated carbocycles. The van der Waals surface area contributed by atoms with E-state index in [1.54, 1.807) is 0 Å². The second kappa shape index (κ2) is 2.98. The van der Waals surface area contributed by atoms with Gasteiger partial charge in [-0.1, -0.05) is 0 Å². The van der Waals surface area contributed by atoms with E-state index in [-0.39, 0.29) is 6.08 Å². The topological polar surface area (TPSA) is 159 Å². The predicted molar refractivity (Wildman–Crippen MR) is 41.8 cm³/mol. The van der Waals surface area contributed by atoms with Crippen LogP contribution in [0.15, 0.2) is 11.6 Å². The van der Waals surface area contributed by atoms with Crippen LogP contribution in [0.3, 0.4) is 0 Å². The van der Waals surface area contributed by atoms with Gasteiger partial charge in [0, 0.05) is 12.0 Å². The standard InChI is InChI=1S/C7H10O8/c8-4(9)3-1-5(10,11)7(14,15)6(12,13)2-3/h1,10-15H,2H2,(H,8,9). The molecule has 15 heavy (non-hydrogen) atoms. The number of carboxylic acid groups (broad SMARTS) is 1. The van der Waals surface area contributed by atoms with Gasteiger partial charge in [-0.25, -0.2) is 4.79 Å². The average Bonchev–Trinajstić information content (AvgIpc) is 1.99. The van der Waals surface area contributed by atoms with Crippen molar-refractivity contribution >= 4 is 5.97 Å².